The molecule has 0 bridgehead atoms. The molecule has 2 heterocycles. The van der Waals surface area contributed by atoms with Crippen molar-refractivity contribution in [3.8, 4) is 5.75 Å². The summed E-state index contributed by atoms with van der Waals surface area (Å²) < 4.78 is 18.6. The van der Waals surface area contributed by atoms with E-state index >= 15 is 0 Å². The number of carbonyl (C=O) groups is 4. The number of thiazole rings is 1. The summed E-state index contributed by atoms with van der Waals surface area (Å²) in [6.45, 7) is 12.0. The summed E-state index contributed by atoms with van der Waals surface area (Å²) in [7, 11) is 0. The van der Waals surface area contributed by atoms with Crippen molar-refractivity contribution in [3.63, 3.8) is 0 Å². The zero-order chi connectivity index (χ0) is 29.2. The Balaban J connectivity index is 1.71. The van der Waals surface area contributed by atoms with Gasteiger partial charge in [-0.15, -0.1) is 29.7 Å². The fraction of sp³-hybridized carbons (Fsp3) is 0.370. The highest BCUT2D eigenvalue weighted by atomic mass is 32.2. The molecule has 10 nitrogen and oxygen atoms in total. The largest absolute Gasteiger partial charge is 0.494 e. The first-order chi connectivity index (χ1) is 19.2. The Bertz CT molecular complexity index is 1490. The third-order valence-electron chi connectivity index (χ3n) is 5.30. The van der Waals surface area contributed by atoms with Gasteiger partial charge in [0.25, 0.3) is 5.91 Å². The Hall–Kier alpha value is -3.42. The molecule has 3 aromatic rings. The molecule has 2 aromatic heterocycles. The van der Waals surface area contributed by atoms with Gasteiger partial charge in [-0.25, -0.2) is 9.59 Å². The van der Waals surface area contributed by atoms with E-state index in [2.05, 4.69) is 16.9 Å². The molecule has 0 spiro atoms. The smallest absolute Gasteiger partial charge is 0.348 e. The van der Waals surface area contributed by atoms with E-state index in [1.807, 2.05) is 29.7 Å². The van der Waals surface area contributed by atoms with E-state index in [1.165, 1.54) is 11.3 Å². The lowest BCUT2D eigenvalue weighted by atomic mass is 10.1. The number of hydrogen-bond donors (Lipinski definition) is 1. The van der Waals surface area contributed by atoms with Crippen LogP contribution in [-0.2, 0) is 25.6 Å². The van der Waals surface area contributed by atoms with Gasteiger partial charge in [0.05, 0.1) is 47.1 Å². The molecule has 0 unspecified atom stereocenters. The van der Waals surface area contributed by atoms with Gasteiger partial charge in [0.1, 0.15) is 15.6 Å². The predicted molar refractivity (Wildman–Crippen MR) is 159 cm³/mol. The van der Waals surface area contributed by atoms with Gasteiger partial charge in [0, 0.05) is 6.54 Å². The summed E-state index contributed by atoms with van der Waals surface area (Å²) in [4.78, 5) is 55.2. The lowest BCUT2D eigenvalue weighted by molar-refractivity contribution is -0.115. The molecule has 0 atom stereocenters. The van der Waals surface area contributed by atoms with Gasteiger partial charge in [-0.05, 0) is 51.5 Å². The number of rotatable bonds is 13. The highest BCUT2D eigenvalue weighted by Gasteiger charge is 2.27. The summed E-state index contributed by atoms with van der Waals surface area (Å²) >= 11 is 3.41. The molecule has 2 amide bonds. The van der Waals surface area contributed by atoms with E-state index in [4.69, 9.17) is 14.2 Å². The van der Waals surface area contributed by atoms with Crippen LogP contribution in [-0.4, -0.2) is 59.6 Å². The number of carbonyl (C=O) groups excluding carboxylic acids is 4. The van der Waals surface area contributed by atoms with Crippen LogP contribution < -0.4 is 14.9 Å². The summed E-state index contributed by atoms with van der Waals surface area (Å²) in [5, 5.41) is 2.87. The number of anilines is 1. The molecule has 3 rings (SSSR count). The van der Waals surface area contributed by atoms with E-state index in [9.17, 15) is 19.2 Å². The maximum atomic E-state index is 12.7. The molecule has 0 aliphatic carbocycles. The van der Waals surface area contributed by atoms with Crippen LogP contribution in [0.3, 0.4) is 0 Å². The standard InChI is InChI=1S/C27H31N3O7S3/c1-6-12-30-18-11-10-17(35-7-2)13-19(18)39-27(30)29-21(32)15-38-14-20(31)28-24-22(25(33)36-8-3)16(5)23(40-24)26(34)37-9-4/h6,10-11,13H,1,7-9,12,14-15H2,2-5H3,(H,28,31). The molecule has 1 aromatic carbocycles. The van der Waals surface area contributed by atoms with Crippen molar-refractivity contribution in [1.29, 1.82) is 0 Å². The number of allylic oxidation sites excluding steroid dienone is 1. The van der Waals surface area contributed by atoms with Crippen LogP contribution in [0, 0.1) is 6.92 Å². The third kappa shape index (κ3) is 7.61. The van der Waals surface area contributed by atoms with E-state index in [-0.39, 0.29) is 40.2 Å². The van der Waals surface area contributed by atoms with E-state index < -0.39 is 23.8 Å². The van der Waals surface area contributed by atoms with Crippen LogP contribution in [0.5, 0.6) is 5.75 Å². The Labute approximate surface area is 244 Å². The first-order valence-corrected chi connectivity index (χ1v) is 15.3. The second-order valence-electron chi connectivity index (χ2n) is 8.09. The summed E-state index contributed by atoms with van der Waals surface area (Å²) in [6, 6.07) is 5.71. The summed E-state index contributed by atoms with van der Waals surface area (Å²) in [6.07, 6.45) is 1.73. The molecule has 0 saturated heterocycles. The second-order valence-corrected chi connectivity index (χ2v) is 11.1. The number of fused-ring (bicyclic) bond motifs is 1. The minimum absolute atomic E-state index is 0.0256. The topological polar surface area (TPSA) is 125 Å². The number of ether oxygens (including phenoxy) is 3. The lowest BCUT2D eigenvalue weighted by Crippen LogP contribution is -2.19. The fourth-order valence-electron chi connectivity index (χ4n) is 3.68. The van der Waals surface area contributed by atoms with E-state index in [0.717, 1.165) is 39.1 Å². The molecule has 0 aliphatic heterocycles. The number of amides is 2. The average molecular weight is 606 g/mol. The monoisotopic (exact) mass is 605 g/mol. The Morgan fingerprint density at radius 2 is 1.77 bits per heavy atom. The van der Waals surface area contributed by atoms with Crippen LogP contribution >= 0.6 is 34.4 Å². The highest BCUT2D eigenvalue weighted by molar-refractivity contribution is 8.00. The molecular formula is C27H31N3O7S3. The average Bonchev–Trinajstić information content (AvgIpc) is 3.40. The van der Waals surface area contributed by atoms with Crippen LogP contribution in [0.2, 0.25) is 0 Å². The minimum Gasteiger partial charge on any atom is -0.494 e. The number of aromatic nitrogens is 1. The normalized spacial score (nSPS) is 11.3. The molecule has 13 heteroatoms. The van der Waals surface area contributed by atoms with E-state index in [1.54, 1.807) is 26.8 Å². The van der Waals surface area contributed by atoms with Gasteiger partial charge >= 0.3 is 11.9 Å². The molecular weight excluding hydrogens is 575 g/mol. The maximum absolute atomic E-state index is 12.7. The Morgan fingerprint density at radius 3 is 2.45 bits per heavy atom. The number of benzene rings is 1. The van der Waals surface area contributed by atoms with Crippen molar-refractivity contribution in [2.45, 2.75) is 34.2 Å². The molecule has 0 radical (unpaired) electrons. The van der Waals surface area contributed by atoms with Crippen LogP contribution in [0.4, 0.5) is 5.00 Å². The van der Waals surface area contributed by atoms with Gasteiger partial charge in [-0.1, -0.05) is 17.4 Å². The van der Waals surface area contributed by atoms with Gasteiger partial charge < -0.3 is 24.1 Å². The van der Waals surface area contributed by atoms with Crippen LogP contribution in [0.15, 0.2) is 35.8 Å². The quantitative estimate of drug-likeness (QED) is 0.217. The van der Waals surface area contributed by atoms with Gasteiger partial charge in [0.2, 0.25) is 5.91 Å². The molecule has 1 N–H and O–H groups in total. The second kappa shape index (κ2) is 14.8. The van der Waals surface area contributed by atoms with Crippen molar-refractivity contribution in [3.05, 3.63) is 51.7 Å². The SMILES string of the molecule is C=CCn1c(=NC(=O)CSCC(=O)Nc2sc(C(=O)OCC)c(C)c2C(=O)OCC)sc2cc(OCC)ccc21. The molecule has 214 valence electrons. The third-order valence-corrected chi connectivity index (χ3v) is 8.44. The molecule has 40 heavy (non-hydrogen) atoms. The molecule has 0 aliphatic rings. The van der Waals surface area contributed by atoms with Crippen molar-refractivity contribution < 1.29 is 33.4 Å². The van der Waals surface area contributed by atoms with Crippen LogP contribution in [0.25, 0.3) is 10.2 Å². The van der Waals surface area contributed by atoms with Gasteiger partial charge in [-0.2, -0.15) is 4.99 Å². The summed E-state index contributed by atoms with van der Waals surface area (Å²) in [5.74, 6) is -1.41. The van der Waals surface area contributed by atoms with Crippen molar-refractivity contribution in [1.82, 2.24) is 4.57 Å². The Kier molecular flexibility index (Phi) is 11.5. The maximum Gasteiger partial charge on any atom is 0.348 e. The van der Waals surface area contributed by atoms with Gasteiger partial charge in [0.15, 0.2) is 4.80 Å². The number of thioether (sulfide) groups is 1. The number of nitrogens with zero attached hydrogens (tertiary/aromatic N) is 2. The number of nitrogens with one attached hydrogen (secondary N) is 1. The van der Waals surface area contributed by atoms with Gasteiger partial charge in [-0.3, -0.25) is 9.59 Å². The highest BCUT2D eigenvalue weighted by Crippen LogP contribution is 2.34. The van der Waals surface area contributed by atoms with E-state index in [0.29, 0.717) is 23.5 Å². The number of esters is 2. The summed E-state index contributed by atoms with van der Waals surface area (Å²) in [5.41, 5.74) is 1.41. The number of thiophene rings is 1. The first kappa shape index (κ1) is 31.1. The van der Waals surface area contributed by atoms with Crippen molar-refractivity contribution in [2.24, 2.45) is 4.99 Å². The Morgan fingerprint density at radius 1 is 1.05 bits per heavy atom. The zero-order valence-corrected chi connectivity index (χ0v) is 25.2. The van der Waals surface area contributed by atoms with Crippen LogP contribution in [0.1, 0.15) is 46.4 Å². The zero-order valence-electron chi connectivity index (χ0n) is 22.7. The lowest BCUT2D eigenvalue weighted by Gasteiger charge is -2.07. The number of hydrogen-bond acceptors (Lipinski definition) is 10. The first-order valence-electron chi connectivity index (χ1n) is 12.5. The predicted octanol–water partition coefficient (Wildman–Crippen LogP) is 4.81. The van der Waals surface area contributed by atoms with Crippen molar-refractivity contribution >= 4 is 73.4 Å². The van der Waals surface area contributed by atoms with Crippen molar-refractivity contribution in [2.75, 3.05) is 36.6 Å². The fourth-order valence-corrected chi connectivity index (χ4v) is 6.46. The molecule has 0 saturated carbocycles. The molecule has 0 fully saturated rings. The minimum atomic E-state index is -0.645.